The van der Waals surface area contributed by atoms with Gasteiger partial charge < -0.3 is 25.2 Å². The predicted molar refractivity (Wildman–Crippen MR) is 160 cm³/mol. The van der Waals surface area contributed by atoms with E-state index in [0.717, 1.165) is 12.1 Å². The number of carboxylic acids is 1. The minimum Gasteiger partial charge on any atom is -0.477 e. The van der Waals surface area contributed by atoms with Crippen LogP contribution in [0.3, 0.4) is 0 Å². The molecule has 2 amide bonds. The molecule has 0 bridgehead atoms. The molecule has 2 aromatic carbocycles. The number of aromatic nitrogens is 3. The quantitative estimate of drug-likeness (QED) is 0.101. The molecule has 0 unspecified atom stereocenters. The van der Waals surface area contributed by atoms with Gasteiger partial charge in [-0.05, 0) is 61.4 Å². The number of hydrogen-bond acceptors (Lipinski definition) is 7. The van der Waals surface area contributed by atoms with Crippen LogP contribution >= 0.6 is 0 Å². The molecule has 0 aliphatic heterocycles. The van der Waals surface area contributed by atoms with E-state index in [0.29, 0.717) is 25.1 Å². The average molecular weight is 624 g/mol. The number of rotatable bonds is 12. The molecule has 11 nitrogen and oxygen atoms in total. The summed E-state index contributed by atoms with van der Waals surface area (Å²) in [6.45, 7) is 7.05. The Morgan fingerprint density at radius 1 is 0.977 bits per heavy atom. The van der Waals surface area contributed by atoms with Crippen LogP contribution < -0.4 is 15.4 Å². The van der Waals surface area contributed by atoms with Gasteiger partial charge in [0.05, 0.1) is 5.39 Å². The summed E-state index contributed by atoms with van der Waals surface area (Å²) in [6.07, 6.45) is 1.79. The van der Waals surface area contributed by atoms with Gasteiger partial charge in [-0.3, -0.25) is 14.2 Å². The van der Waals surface area contributed by atoms with E-state index in [1.807, 2.05) is 0 Å². The summed E-state index contributed by atoms with van der Waals surface area (Å²) < 4.78 is 41.2. The van der Waals surface area contributed by atoms with Crippen LogP contribution in [-0.4, -0.2) is 52.1 Å². The summed E-state index contributed by atoms with van der Waals surface area (Å²) in [5, 5.41) is 15.2. The summed E-state index contributed by atoms with van der Waals surface area (Å²) in [5.41, 5.74) is -0.710. The average Bonchev–Trinajstić information content (AvgIpc) is 3.69. The number of ether oxygens (including phenoxy) is 2. The van der Waals surface area contributed by atoms with E-state index in [2.05, 4.69) is 40.2 Å². The van der Waals surface area contributed by atoms with Gasteiger partial charge >= 0.3 is 5.97 Å². The third-order valence-corrected chi connectivity index (χ3v) is 8.91. The molecule has 0 radical (unpaired) electrons. The van der Waals surface area contributed by atoms with Gasteiger partial charge in [0.1, 0.15) is 35.6 Å². The van der Waals surface area contributed by atoms with Crippen molar-refractivity contribution in [2.24, 2.45) is 5.41 Å². The van der Waals surface area contributed by atoms with Crippen molar-refractivity contribution in [1.29, 1.82) is 0 Å². The number of aromatic carboxylic acids is 1. The Morgan fingerprint density at radius 2 is 1.64 bits per heavy atom. The van der Waals surface area contributed by atoms with Crippen molar-refractivity contribution in [2.75, 3.05) is 17.2 Å². The first-order valence-electron chi connectivity index (χ1n) is 13.9. The molecule has 230 valence electrons. The Hall–Kier alpha value is -4.69. The predicted octanol–water partition coefficient (Wildman–Crippen LogP) is 5.87. The summed E-state index contributed by atoms with van der Waals surface area (Å²) >= 11 is 0. The molecule has 1 fully saturated rings. The van der Waals surface area contributed by atoms with E-state index in [1.165, 1.54) is 53.4 Å². The zero-order valence-electron chi connectivity index (χ0n) is 24.3. The number of nitrogens with one attached hydrogen (secondary N) is 2. The van der Waals surface area contributed by atoms with Crippen molar-refractivity contribution in [3.8, 4) is 11.6 Å². The lowest BCUT2D eigenvalue weighted by molar-refractivity contribution is -0.131. The molecule has 1 saturated carbocycles. The minimum atomic E-state index is -1.35. The second kappa shape index (κ2) is 12.1. The standard InChI is InChI=1S/C30H31F2N5O6Si/c1-44(2,3)13-12-42-17-37-23(27(38)39)15-21-25(37)33-16-34-26(21)43-24-9-8-20(14-22(24)32)36-29(41)30(10-11-30)28(40)35-19-6-4-18(31)5-7-19/h4-9,14-16H,10-13,17H2,1-3H3,(H,35,40)(H,36,41)(H,38,39). The van der Waals surface area contributed by atoms with Gasteiger partial charge in [0, 0.05) is 32.1 Å². The molecule has 5 rings (SSSR count). The van der Waals surface area contributed by atoms with Gasteiger partial charge in [0.25, 0.3) is 0 Å². The van der Waals surface area contributed by atoms with Crippen LogP contribution in [0.15, 0.2) is 54.9 Å². The van der Waals surface area contributed by atoms with Crippen LogP contribution in [0.1, 0.15) is 23.3 Å². The highest BCUT2D eigenvalue weighted by atomic mass is 28.3. The van der Waals surface area contributed by atoms with Crippen LogP contribution in [0.2, 0.25) is 25.7 Å². The molecule has 0 atom stereocenters. The molecule has 44 heavy (non-hydrogen) atoms. The summed E-state index contributed by atoms with van der Waals surface area (Å²) in [7, 11) is -1.35. The SMILES string of the molecule is C[Si](C)(C)CCOCn1c(C(=O)O)cc2c(Oc3ccc(NC(=O)C4(C(=O)Nc5ccc(F)cc5)CC4)cc3F)ncnc21. The molecule has 0 spiro atoms. The molecule has 2 aromatic heterocycles. The normalized spacial score (nSPS) is 13.8. The molecule has 4 aromatic rings. The Kier molecular flexibility index (Phi) is 8.48. The molecule has 3 N–H and O–H groups in total. The zero-order chi connectivity index (χ0) is 31.6. The van der Waals surface area contributed by atoms with Crippen molar-refractivity contribution in [2.45, 2.75) is 45.3 Å². The smallest absolute Gasteiger partial charge is 0.352 e. The number of carbonyl (C=O) groups is 3. The summed E-state index contributed by atoms with van der Waals surface area (Å²) in [4.78, 5) is 46.0. The Balaban J connectivity index is 1.29. The second-order valence-corrected chi connectivity index (χ2v) is 17.4. The van der Waals surface area contributed by atoms with Crippen LogP contribution in [0, 0.1) is 17.0 Å². The van der Waals surface area contributed by atoms with E-state index in [1.54, 1.807) is 0 Å². The first kappa shape index (κ1) is 30.8. The molecule has 1 aliphatic rings. The molecule has 14 heteroatoms. The maximum atomic E-state index is 15.1. The third-order valence-electron chi connectivity index (χ3n) is 7.21. The van der Waals surface area contributed by atoms with E-state index in [9.17, 15) is 23.9 Å². The third kappa shape index (κ3) is 6.76. The van der Waals surface area contributed by atoms with Gasteiger partial charge in [-0.2, -0.15) is 0 Å². The lowest BCUT2D eigenvalue weighted by Crippen LogP contribution is -2.35. The first-order chi connectivity index (χ1) is 20.9. The second-order valence-electron chi connectivity index (χ2n) is 11.8. The lowest BCUT2D eigenvalue weighted by atomic mass is 10.0. The fourth-order valence-electron chi connectivity index (χ4n) is 4.45. The number of carboxylic acid groups (broad SMARTS) is 1. The van der Waals surface area contributed by atoms with Crippen molar-refractivity contribution < 1.29 is 37.7 Å². The monoisotopic (exact) mass is 623 g/mol. The number of amides is 2. The minimum absolute atomic E-state index is 0.0434. The molecule has 1 aliphatic carbocycles. The van der Waals surface area contributed by atoms with Crippen LogP contribution in [-0.2, 0) is 21.1 Å². The van der Waals surface area contributed by atoms with Gasteiger partial charge in [-0.25, -0.2) is 23.5 Å². The lowest BCUT2D eigenvalue weighted by Gasteiger charge is -2.16. The molecule has 2 heterocycles. The fraction of sp³-hybridized carbons (Fsp3) is 0.300. The van der Waals surface area contributed by atoms with Crippen LogP contribution in [0.5, 0.6) is 11.6 Å². The van der Waals surface area contributed by atoms with Crippen LogP contribution in [0.25, 0.3) is 11.0 Å². The topological polar surface area (TPSA) is 145 Å². The molecular formula is C30H31F2N5O6Si. The Morgan fingerprint density at radius 3 is 2.25 bits per heavy atom. The largest absolute Gasteiger partial charge is 0.477 e. The maximum absolute atomic E-state index is 15.1. The zero-order valence-corrected chi connectivity index (χ0v) is 25.3. The van der Waals surface area contributed by atoms with Crippen molar-refractivity contribution in [1.82, 2.24) is 14.5 Å². The van der Waals surface area contributed by atoms with E-state index in [4.69, 9.17) is 9.47 Å². The van der Waals surface area contributed by atoms with Crippen molar-refractivity contribution in [3.63, 3.8) is 0 Å². The first-order valence-corrected chi connectivity index (χ1v) is 17.6. The van der Waals surface area contributed by atoms with E-state index < -0.39 is 42.9 Å². The van der Waals surface area contributed by atoms with Gasteiger partial charge in [0.2, 0.25) is 17.7 Å². The number of benzene rings is 2. The van der Waals surface area contributed by atoms with E-state index >= 15 is 4.39 Å². The van der Waals surface area contributed by atoms with Gasteiger partial charge in [0.15, 0.2) is 11.6 Å². The number of fused-ring (bicyclic) bond motifs is 1. The molecule has 0 saturated heterocycles. The Bertz CT molecular complexity index is 1730. The highest BCUT2D eigenvalue weighted by molar-refractivity contribution is 6.76. The van der Waals surface area contributed by atoms with Crippen molar-refractivity contribution >= 4 is 48.3 Å². The number of nitrogens with zero attached hydrogens (tertiary/aromatic N) is 3. The number of carbonyl (C=O) groups excluding carboxylic acids is 2. The number of hydrogen-bond donors (Lipinski definition) is 3. The van der Waals surface area contributed by atoms with Crippen LogP contribution in [0.4, 0.5) is 20.2 Å². The number of halogens is 2. The van der Waals surface area contributed by atoms with Gasteiger partial charge in [-0.1, -0.05) is 19.6 Å². The highest BCUT2D eigenvalue weighted by Crippen LogP contribution is 2.47. The van der Waals surface area contributed by atoms with Gasteiger partial charge in [-0.15, -0.1) is 0 Å². The summed E-state index contributed by atoms with van der Waals surface area (Å²) in [5.74, 6) is -3.92. The maximum Gasteiger partial charge on any atom is 0.352 e. The molecular weight excluding hydrogens is 592 g/mol. The summed E-state index contributed by atoms with van der Waals surface area (Å²) in [6, 6.07) is 11.1. The fourth-order valence-corrected chi connectivity index (χ4v) is 5.20. The van der Waals surface area contributed by atoms with Crippen molar-refractivity contribution in [3.05, 3.63) is 72.2 Å². The highest BCUT2D eigenvalue weighted by Gasteiger charge is 2.56. The van der Waals surface area contributed by atoms with E-state index in [-0.39, 0.29) is 40.8 Å². The Labute approximate surface area is 252 Å². The number of anilines is 2.